The number of methoxy groups -OCH3 is 1. The minimum Gasteiger partial charge on any atom is -0.497 e. The molecule has 1 atom stereocenters. The number of carbonyl (C=O) groups excluding carboxylic acids is 2. The van der Waals surface area contributed by atoms with Gasteiger partial charge < -0.3 is 15.8 Å². The van der Waals surface area contributed by atoms with Crippen molar-refractivity contribution < 1.29 is 14.3 Å². The van der Waals surface area contributed by atoms with Crippen molar-refractivity contribution in [1.29, 1.82) is 0 Å². The Hall–Kier alpha value is -3.60. The van der Waals surface area contributed by atoms with Gasteiger partial charge in [0.25, 0.3) is 0 Å². The van der Waals surface area contributed by atoms with Crippen LogP contribution in [-0.2, 0) is 16.0 Å². The Morgan fingerprint density at radius 3 is 1.83 bits per heavy atom. The van der Waals surface area contributed by atoms with Crippen LogP contribution in [0.5, 0.6) is 5.75 Å². The van der Waals surface area contributed by atoms with Crippen LogP contribution in [0, 0.1) is 0 Å². The second-order valence-electron chi connectivity index (χ2n) is 6.77. The Kier molecular flexibility index (Phi) is 6.63. The van der Waals surface area contributed by atoms with Gasteiger partial charge in [-0.15, -0.1) is 0 Å². The maximum Gasteiger partial charge on any atom is 0.240 e. The zero-order valence-corrected chi connectivity index (χ0v) is 16.2. The van der Waals surface area contributed by atoms with Crippen LogP contribution in [0.4, 0.5) is 0 Å². The van der Waals surface area contributed by atoms with Gasteiger partial charge >= 0.3 is 0 Å². The number of ether oxygens (including phenoxy) is 1. The number of hydrogen-bond donors (Lipinski definition) is 2. The molecule has 0 aliphatic rings. The Labute approximate surface area is 170 Å². The lowest BCUT2D eigenvalue weighted by Crippen LogP contribution is -2.47. The van der Waals surface area contributed by atoms with Crippen LogP contribution in [-0.4, -0.2) is 25.0 Å². The van der Waals surface area contributed by atoms with Gasteiger partial charge in [-0.1, -0.05) is 72.8 Å². The van der Waals surface area contributed by atoms with Crippen LogP contribution < -0.4 is 15.8 Å². The van der Waals surface area contributed by atoms with Crippen LogP contribution in [0.1, 0.15) is 22.6 Å². The summed E-state index contributed by atoms with van der Waals surface area (Å²) in [5.41, 5.74) is 8.17. The van der Waals surface area contributed by atoms with Gasteiger partial charge in [0.05, 0.1) is 13.0 Å². The van der Waals surface area contributed by atoms with E-state index in [1.165, 1.54) is 0 Å². The quantitative estimate of drug-likeness (QED) is 0.622. The number of carbonyl (C=O) groups is 2. The fraction of sp³-hybridized carbons (Fsp3) is 0.167. The Bertz CT molecular complexity index is 901. The van der Waals surface area contributed by atoms with Crippen LogP contribution in [0.3, 0.4) is 0 Å². The predicted molar refractivity (Wildman–Crippen MR) is 113 cm³/mol. The summed E-state index contributed by atoms with van der Waals surface area (Å²) in [6, 6.07) is 25.5. The van der Waals surface area contributed by atoms with Gasteiger partial charge in [0.15, 0.2) is 0 Å². The Morgan fingerprint density at radius 1 is 0.862 bits per heavy atom. The van der Waals surface area contributed by atoms with E-state index >= 15 is 0 Å². The average molecular weight is 388 g/mol. The molecule has 2 amide bonds. The molecule has 3 aromatic rings. The van der Waals surface area contributed by atoms with E-state index in [-0.39, 0.29) is 5.91 Å². The zero-order chi connectivity index (χ0) is 20.6. The van der Waals surface area contributed by atoms with Crippen molar-refractivity contribution in [3.63, 3.8) is 0 Å². The topological polar surface area (TPSA) is 81.4 Å². The van der Waals surface area contributed by atoms with Crippen molar-refractivity contribution in [2.45, 2.75) is 18.4 Å². The van der Waals surface area contributed by atoms with E-state index in [2.05, 4.69) is 5.32 Å². The van der Waals surface area contributed by atoms with Crippen LogP contribution in [0.15, 0.2) is 84.9 Å². The molecule has 0 saturated heterocycles. The molecule has 3 rings (SSSR count). The minimum absolute atomic E-state index is 0.264. The van der Waals surface area contributed by atoms with Gasteiger partial charge in [0, 0.05) is 6.42 Å². The van der Waals surface area contributed by atoms with E-state index in [9.17, 15) is 9.59 Å². The summed E-state index contributed by atoms with van der Waals surface area (Å²) in [5.74, 6) is -0.648. The van der Waals surface area contributed by atoms with Crippen molar-refractivity contribution in [2.75, 3.05) is 7.11 Å². The zero-order valence-electron chi connectivity index (χ0n) is 16.2. The van der Waals surface area contributed by atoms with Gasteiger partial charge in [-0.05, 0) is 28.8 Å². The fourth-order valence-corrected chi connectivity index (χ4v) is 3.26. The van der Waals surface area contributed by atoms with Crippen LogP contribution in [0.25, 0.3) is 0 Å². The largest absolute Gasteiger partial charge is 0.497 e. The van der Waals surface area contributed by atoms with E-state index in [4.69, 9.17) is 10.5 Å². The molecule has 0 fully saturated rings. The predicted octanol–water partition coefficient (Wildman–Crippen LogP) is 3.04. The van der Waals surface area contributed by atoms with E-state index in [0.717, 1.165) is 22.4 Å². The first kappa shape index (κ1) is 20.1. The van der Waals surface area contributed by atoms with E-state index < -0.39 is 17.9 Å². The first-order valence-corrected chi connectivity index (χ1v) is 9.41. The highest BCUT2D eigenvalue weighted by molar-refractivity contribution is 5.92. The molecule has 3 N–H and O–H groups in total. The van der Waals surface area contributed by atoms with Crippen molar-refractivity contribution in [2.24, 2.45) is 5.73 Å². The number of hydrogen-bond acceptors (Lipinski definition) is 3. The third kappa shape index (κ3) is 5.23. The van der Waals surface area contributed by atoms with Gasteiger partial charge in [0.1, 0.15) is 11.8 Å². The minimum atomic E-state index is -0.814. The summed E-state index contributed by atoms with van der Waals surface area (Å²) in [6.07, 6.45) is 0.307. The monoisotopic (exact) mass is 388 g/mol. The maximum absolute atomic E-state index is 13.2. The molecule has 148 valence electrons. The molecule has 0 bridgehead atoms. The number of rotatable bonds is 8. The highest BCUT2D eigenvalue weighted by atomic mass is 16.5. The van der Waals surface area contributed by atoms with Gasteiger partial charge in [-0.25, -0.2) is 0 Å². The van der Waals surface area contributed by atoms with E-state index in [1.807, 2.05) is 84.9 Å². The lowest BCUT2D eigenvalue weighted by atomic mass is 9.90. The van der Waals surface area contributed by atoms with Crippen molar-refractivity contribution in [3.05, 3.63) is 102 Å². The molecule has 0 radical (unpaired) electrons. The molecule has 0 heterocycles. The number of benzene rings is 3. The smallest absolute Gasteiger partial charge is 0.240 e. The fourth-order valence-electron chi connectivity index (χ4n) is 3.26. The lowest BCUT2D eigenvalue weighted by Gasteiger charge is -2.22. The highest BCUT2D eigenvalue weighted by Crippen LogP contribution is 2.25. The molecule has 0 saturated carbocycles. The van der Waals surface area contributed by atoms with Crippen molar-refractivity contribution in [3.8, 4) is 5.75 Å². The standard InChI is InChI=1S/C24H24N2O3/c1-29-20-14-12-17(13-15-20)16-21(23(25)27)26-24(28)22(18-8-4-2-5-9-18)19-10-6-3-7-11-19/h2-15,21-22H,16H2,1H3,(H2,25,27)(H,26,28)/t21-/m1/s1. The third-order valence-corrected chi connectivity index (χ3v) is 4.79. The summed E-state index contributed by atoms with van der Waals surface area (Å²) < 4.78 is 5.15. The summed E-state index contributed by atoms with van der Waals surface area (Å²) >= 11 is 0. The van der Waals surface area contributed by atoms with Gasteiger partial charge in [-0.2, -0.15) is 0 Å². The van der Waals surface area contributed by atoms with Crippen molar-refractivity contribution in [1.82, 2.24) is 5.32 Å². The second-order valence-corrected chi connectivity index (χ2v) is 6.77. The summed E-state index contributed by atoms with van der Waals surface area (Å²) in [5, 5.41) is 2.85. The SMILES string of the molecule is COc1ccc(C[C@@H](NC(=O)C(c2ccccc2)c2ccccc2)C(N)=O)cc1. The number of nitrogens with two attached hydrogens (primary N) is 1. The van der Waals surface area contributed by atoms with Gasteiger partial charge in [0.2, 0.25) is 11.8 Å². The first-order valence-electron chi connectivity index (χ1n) is 9.41. The van der Waals surface area contributed by atoms with E-state index in [1.54, 1.807) is 7.11 Å². The van der Waals surface area contributed by atoms with Crippen LogP contribution in [0.2, 0.25) is 0 Å². The van der Waals surface area contributed by atoms with E-state index in [0.29, 0.717) is 6.42 Å². The second kappa shape index (κ2) is 9.55. The number of primary amides is 1. The molecule has 0 spiro atoms. The molecular formula is C24H24N2O3. The molecule has 5 nitrogen and oxygen atoms in total. The summed E-state index contributed by atoms with van der Waals surface area (Å²) in [7, 11) is 1.59. The molecule has 29 heavy (non-hydrogen) atoms. The molecule has 5 heteroatoms. The number of nitrogens with one attached hydrogen (secondary N) is 1. The Morgan fingerprint density at radius 2 is 1.38 bits per heavy atom. The average Bonchev–Trinajstić information content (AvgIpc) is 2.75. The summed E-state index contributed by atoms with van der Waals surface area (Å²) in [6.45, 7) is 0. The molecule has 3 aromatic carbocycles. The normalized spacial score (nSPS) is 11.7. The lowest BCUT2D eigenvalue weighted by molar-refractivity contribution is -0.127. The molecule has 0 unspecified atom stereocenters. The summed E-state index contributed by atoms with van der Waals surface area (Å²) in [4.78, 5) is 25.3. The molecule has 0 aliphatic carbocycles. The third-order valence-electron chi connectivity index (χ3n) is 4.79. The maximum atomic E-state index is 13.2. The first-order chi connectivity index (χ1) is 14.1. The molecule has 0 aromatic heterocycles. The molecule has 0 aliphatic heterocycles. The molecular weight excluding hydrogens is 364 g/mol. The van der Waals surface area contributed by atoms with Crippen molar-refractivity contribution >= 4 is 11.8 Å². The van der Waals surface area contributed by atoms with Gasteiger partial charge in [-0.3, -0.25) is 9.59 Å². The Balaban J connectivity index is 1.83. The highest BCUT2D eigenvalue weighted by Gasteiger charge is 2.27. The van der Waals surface area contributed by atoms with Crippen LogP contribution >= 0.6 is 0 Å². The number of amides is 2.